The molecule has 3 aromatic rings. The topological polar surface area (TPSA) is 72.4 Å². The van der Waals surface area contributed by atoms with Crippen molar-refractivity contribution in [2.75, 3.05) is 58.1 Å². The first-order chi connectivity index (χ1) is 19.5. The van der Waals surface area contributed by atoms with Crippen molar-refractivity contribution >= 4 is 38.2 Å². The fourth-order valence-electron chi connectivity index (χ4n) is 4.37. The van der Waals surface area contributed by atoms with Gasteiger partial charge in [-0.05, 0) is 53.4 Å². The molecule has 1 N–H and O–H groups in total. The van der Waals surface area contributed by atoms with E-state index in [1.165, 1.54) is 5.56 Å². The Morgan fingerprint density at radius 2 is 1.75 bits per heavy atom. The van der Waals surface area contributed by atoms with Crippen LogP contribution in [0, 0.1) is 6.92 Å². The Balaban J connectivity index is 1.20. The van der Waals surface area contributed by atoms with Gasteiger partial charge in [0.1, 0.15) is 18.0 Å². The number of ether oxygens (including phenoxy) is 3. The number of likely N-dealkylation sites (N-methyl/N-ethyl adjacent to an activating group) is 1. The van der Waals surface area contributed by atoms with Crippen molar-refractivity contribution in [3.63, 3.8) is 0 Å². The van der Waals surface area contributed by atoms with Crippen molar-refractivity contribution in [3.05, 3.63) is 77.9 Å². The summed E-state index contributed by atoms with van der Waals surface area (Å²) < 4.78 is 17.2. The van der Waals surface area contributed by atoms with E-state index in [0.29, 0.717) is 61.2 Å². The second-order valence-electron chi connectivity index (χ2n) is 9.89. The maximum atomic E-state index is 11.6. The Morgan fingerprint density at radius 1 is 0.975 bits per heavy atom. The van der Waals surface area contributed by atoms with E-state index >= 15 is 0 Å². The first kappa shape index (κ1) is 29.8. The SMILES string of the molecule is [CH3][Al][CH2]CC(=O)NCCOCCOCCN(C)c1cccc(-c2ccc(C3=Nc4cc(C)ccc4OC3)cc2)c1. The van der Waals surface area contributed by atoms with Gasteiger partial charge in [-0.25, -0.2) is 4.99 Å². The number of carbonyl (C=O) groups is 1. The summed E-state index contributed by atoms with van der Waals surface area (Å²) in [6.45, 7) is 6.05. The fraction of sp³-hybridized carbons (Fsp3) is 0.375. The summed E-state index contributed by atoms with van der Waals surface area (Å²) in [5.74, 6) is 3.12. The van der Waals surface area contributed by atoms with Crippen LogP contribution in [0.5, 0.6) is 5.75 Å². The van der Waals surface area contributed by atoms with Crippen LogP contribution in [0.25, 0.3) is 11.1 Å². The number of aliphatic imine (C=N–C) groups is 1. The van der Waals surface area contributed by atoms with E-state index in [-0.39, 0.29) is 5.91 Å². The van der Waals surface area contributed by atoms with Crippen LogP contribution in [0.4, 0.5) is 11.4 Å². The molecule has 0 saturated heterocycles. The molecule has 7 nitrogen and oxygen atoms in total. The molecule has 0 fully saturated rings. The monoisotopic (exact) mass is 556 g/mol. The Labute approximate surface area is 244 Å². The zero-order valence-corrected chi connectivity index (χ0v) is 25.0. The van der Waals surface area contributed by atoms with Crippen molar-refractivity contribution in [1.82, 2.24) is 5.32 Å². The molecule has 0 unspecified atom stereocenters. The molecule has 209 valence electrons. The van der Waals surface area contributed by atoms with E-state index in [2.05, 4.69) is 84.6 Å². The second-order valence-corrected chi connectivity index (χ2v) is 11.3. The molecule has 0 aromatic heterocycles. The van der Waals surface area contributed by atoms with Gasteiger partial charge in [0.15, 0.2) is 15.2 Å². The molecule has 4 rings (SSSR count). The number of nitrogens with zero attached hydrogens (tertiary/aromatic N) is 2. The Morgan fingerprint density at radius 3 is 2.55 bits per heavy atom. The summed E-state index contributed by atoms with van der Waals surface area (Å²) in [6.07, 6.45) is 0.624. The van der Waals surface area contributed by atoms with E-state index in [0.717, 1.165) is 51.4 Å². The smallest absolute Gasteiger partial charge is 0.218 e. The molecule has 0 saturated carbocycles. The number of rotatable bonds is 15. The van der Waals surface area contributed by atoms with Crippen molar-refractivity contribution in [2.24, 2.45) is 4.99 Å². The van der Waals surface area contributed by atoms with Crippen LogP contribution >= 0.6 is 0 Å². The normalized spacial score (nSPS) is 12.2. The molecule has 0 aliphatic carbocycles. The van der Waals surface area contributed by atoms with Gasteiger partial charge in [-0.3, -0.25) is 4.79 Å². The largest absolute Gasteiger partial charge is 0.485 e. The fourth-order valence-corrected chi connectivity index (χ4v) is 4.92. The number of fused-ring (bicyclic) bond motifs is 1. The van der Waals surface area contributed by atoms with Crippen LogP contribution < -0.4 is 15.0 Å². The van der Waals surface area contributed by atoms with Crippen LogP contribution in [-0.4, -0.2) is 80.0 Å². The number of benzene rings is 3. The number of amides is 1. The third kappa shape index (κ3) is 8.94. The van der Waals surface area contributed by atoms with Gasteiger partial charge in [0, 0.05) is 32.2 Å². The van der Waals surface area contributed by atoms with Gasteiger partial charge in [-0.2, -0.15) is 0 Å². The van der Waals surface area contributed by atoms with Crippen molar-refractivity contribution in [3.8, 4) is 16.9 Å². The van der Waals surface area contributed by atoms with E-state index in [1.54, 1.807) is 0 Å². The van der Waals surface area contributed by atoms with E-state index in [4.69, 9.17) is 19.2 Å². The molecule has 3 aromatic carbocycles. The summed E-state index contributed by atoms with van der Waals surface area (Å²) in [7, 11) is 2.07. The predicted octanol–water partition coefficient (Wildman–Crippen LogP) is 5.32. The van der Waals surface area contributed by atoms with Crippen molar-refractivity contribution < 1.29 is 19.0 Å². The minimum absolute atomic E-state index is 0.115. The number of anilines is 1. The van der Waals surface area contributed by atoms with Crippen LogP contribution in [0.15, 0.2) is 71.7 Å². The summed E-state index contributed by atoms with van der Waals surface area (Å²) in [5.41, 5.74) is 7.53. The number of hydrogen-bond acceptors (Lipinski definition) is 6. The molecule has 40 heavy (non-hydrogen) atoms. The van der Waals surface area contributed by atoms with E-state index < -0.39 is 0 Å². The van der Waals surface area contributed by atoms with Gasteiger partial charge in [0.05, 0.1) is 32.1 Å². The van der Waals surface area contributed by atoms with Crippen molar-refractivity contribution in [2.45, 2.75) is 24.4 Å². The Hall–Kier alpha value is -3.15. The minimum atomic E-state index is 0.115. The average Bonchev–Trinajstić information content (AvgIpc) is 2.98. The van der Waals surface area contributed by atoms with Gasteiger partial charge >= 0.3 is 0 Å². The number of hydrogen-bond donors (Lipinski definition) is 1. The highest BCUT2D eigenvalue weighted by molar-refractivity contribution is 6.33. The summed E-state index contributed by atoms with van der Waals surface area (Å²) in [6, 6.07) is 23.1. The number of aryl methyl sites for hydroxylation is 1. The summed E-state index contributed by atoms with van der Waals surface area (Å²) >= 11 is 0.385. The molecule has 1 aliphatic heterocycles. The van der Waals surface area contributed by atoms with Crippen LogP contribution in [0.3, 0.4) is 0 Å². The maximum absolute atomic E-state index is 11.6. The lowest BCUT2D eigenvalue weighted by molar-refractivity contribution is -0.121. The summed E-state index contributed by atoms with van der Waals surface area (Å²) in [5, 5.41) is 3.89. The third-order valence-electron chi connectivity index (χ3n) is 6.74. The number of carbonyl (C=O) groups excluding carboxylic acids is 1. The first-order valence-corrected chi connectivity index (χ1v) is 15.9. The van der Waals surface area contributed by atoms with Gasteiger partial charge in [-0.1, -0.05) is 47.7 Å². The van der Waals surface area contributed by atoms with Gasteiger partial charge in [-0.15, -0.1) is 5.79 Å². The lowest BCUT2D eigenvalue weighted by atomic mass is 10.0. The molecular weight excluding hydrogens is 517 g/mol. The lowest BCUT2D eigenvalue weighted by Crippen LogP contribution is -2.27. The molecular formula is C32H39AlN3O4. The molecule has 1 heterocycles. The Kier molecular flexibility index (Phi) is 11.6. The second kappa shape index (κ2) is 15.6. The standard InChI is InChI=1S/C31H36N3O4.CH3.Al/c1-4-31(35)32-14-16-36-18-19-37-17-15-34(3)27-7-5-6-26(21-27)24-9-11-25(12-10-24)29-22-38-30-13-8-23(2)20-28(30)33-29;;/h5-13,20-21H,1,4,14-19,22H2,2-3H3,(H,32,35);1H3;. The van der Waals surface area contributed by atoms with Crippen LogP contribution in [0.1, 0.15) is 17.5 Å². The molecule has 1 radical (unpaired) electrons. The average molecular weight is 557 g/mol. The minimum Gasteiger partial charge on any atom is -0.485 e. The molecule has 0 spiro atoms. The molecule has 0 bridgehead atoms. The highest BCUT2D eigenvalue weighted by Gasteiger charge is 2.15. The molecule has 1 amide bonds. The molecule has 0 atom stereocenters. The highest BCUT2D eigenvalue weighted by atomic mass is 27.1. The van der Waals surface area contributed by atoms with Gasteiger partial charge in [0.25, 0.3) is 0 Å². The Bertz CT molecular complexity index is 1280. The molecule has 1 aliphatic rings. The quantitative estimate of drug-likeness (QED) is 0.203. The highest BCUT2D eigenvalue weighted by Crippen LogP contribution is 2.33. The first-order valence-electron chi connectivity index (χ1n) is 14.0. The summed E-state index contributed by atoms with van der Waals surface area (Å²) in [4.78, 5) is 18.6. The zero-order valence-electron chi connectivity index (χ0n) is 23.8. The van der Waals surface area contributed by atoms with E-state index in [9.17, 15) is 4.79 Å². The predicted molar refractivity (Wildman–Crippen MR) is 164 cm³/mol. The van der Waals surface area contributed by atoms with E-state index in [1.807, 2.05) is 12.1 Å². The zero-order chi connectivity index (χ0) is 28.2. The van der Waals surface area contributed by atoms with Crippen LogP contribution in [0.2, 0.25) is 11.1 Å². The molecule has 8 heteroatoms. The van der Waals surface area contributed by atoms with Gasteiger partial charge < -0.3 is 24.4 Å². The van der Waals surface area contributed by atoms with Gasteiger partial charge in [0.2, 0.25) is 5.91 Å². The lowest BCUT2D eigenvalue weighted by Gasteiger charge is -2.20. The van der Waals surface area contributed by atoms with Crippen molar-refractivity contribution in [1.29, 1.82) is 0 Å². The number of nitrogens with one attached hydrogen (secondary N) is 1. The maximum Gasteiger partial charge on any atom is 0.218 e. The third-order valence-corrected chi connectivity index (χ3v) is 7.61. The van der Waals surface area contributed by atoms with Crippen LogP contribution in [-0.2, 0) is 14.3 Å².